The van der Waals surface area contributed by atoms with Gasteiger partial charge in [0.2, 0.25) is 0 Å². The molecule has 5 heteroatoms. The van der Waals surface area contributed by atoms with E-state index in [2.05, 4.69) is 4.90 Å². The molecule has 1 fully saturated rings. The molecular formula is C16H26N2O3. The highest BCUT2D eigenvalue weighted by molar-refractivity contribution is 5.28. The van der Waals surface area contributed by atoms with Crippen LogP contribution in [0.25, 0.3) is 0 Å². The van der Waals surface area contributed by atoms with Crippen molar-refractivity contribution in [3.05, 3.63) is 29.8 Å². The third-order valence-electron chi connectivity index (χ3n) is 3.89. The van der Waals surface area contributed by atoms with Crippen LogP contribution in [-0.2, 0) is 11.3 Å². The Labute approximate surface area is 126 Å². The lowest BCUT2D eigenvalue weighted by Crippen LogP contribution is -2.42. The lowest BCUT2D eigenvalue weighted by Gasteiger charge is -2.32. The molecule has 21 heavy (non-hydrogen) atoms. The van der Waals surface area contributed by atoms with Gasteiger partial charge in [0.1, 0.15) is 18.5 Å². The number of nitrogens with zero attached hydrogens (tertiary/aromatic N) is 1. The first-order chi connectivity index (χ1) is 10.2. The van der Waals surface area contributed by atoms with Gasteiger partial charge in [-0.25, -0.2) is 0 Å². The third-order valence-corrected chi connectivity index (χ3v) is 3.89. The summed E-state index contributed by atoms with van der Waals surface area (Å²) in [4.78, 5) is 2.20. The first-order valence-electron chi connectivity index (χ1n) is 7.57. The number of nitrogens with two attached hydrogens (primary N) is 1. The van der Waals surface area contributed by atoms with Gasteiger partial charge in [0.25, 0.3) is 0 Å². The number of benzene rings is 1. The predicted molar refractivity (Wildman–Crippen MR) is 82.3 cm³/mol. The number of ether oxygens (including phenoxy) is 2. The van der Waals surface area contributed by atoms with Gasteiger partial charge in [-0.1, -0.05) is 12.1 Å². The lowest BCUT2D eigenvalue weighted by atomic mass is 10.1. The Balaban J connectivity index is 1.74. The minimum atomic E-state index is -0.501. The summed E-state index contributed by atoms with van der Waals surface area (Å²) in [5.74, 6) is 0.755. The molecule has 1 aliphatic rings. The molecule has 118 valence electrons. The fourth-order valence-corrected chi connectivity index (χ4v) is 2.61. The fourth-order valence-electron chi connectivity index (χ4n) is 2.61. The molecule has 3 N–H and O–H groups in total. The molecule has 0 aromatic heterocycles. The summed E-state index contributed by atoms with van der Waals surface area (Å²) in [7, 11) is 2.05. The molecule has 0 radical (unpaired) electrons. The molecule has 0 bridgehead atoms. The molecule has 1 aromatic carbocycles. The van der Waals surface area contributed by atoms with Gasteiger partial charge in [-0.2, -0.15) is 0 Å². The van der Waals surface area contributed by atoms with E-state index in [0.29, 0.717) is 25.7 Å². The monoisotopic (exact) mass is 294 g/mol. The lowest BCUT2D eigenvalue weighted by molar-refractivity contribution is 0.0159. The van der Waals surface area contributed by atoms with Gasteiger partial charge >= 0.3 is 0 Å². The molecule has 1 aromatic rings. The molecule has 0 aliphatic carbocycles. The quantitative estimate of drug-likeness (QED) is 0.785. The summed E-state index contributed by atoms with van der Waals surface area (Å²) in [6.45, 7) is 3.02. The van der Waals surface area contributed by atoms with Crippen molar-refractivity contribution < 1.29 is 14.6 Å². The zero-order valence-electron chi connectivity index (χ0n) is 12.7. The summed E-state index contributed by atoms with van der Waals surface area (Å²) in [6, 6.07) is 8.16. The first kappa shape index (κ1) is 16.2. The molecular weight excluding hydrogens is 268 g/mol. The summed E-state index contributed by atoms with van der Waals surface area (Å²) in [5.41, 5.74) is 6.63. The number of aliphatic hydroxyl groups is 1. The van der Waals surface area contributed by atoms with E-state index in [1.165, 1.54) is 0 Å². The molecule has 5 nitrogen and oxygen atoms in total. The van der Waals surface area contributed by atoms with Gasteiger partial charge in [-0.3, -0.25) is 0 Å². The van der Waals surface area contributed by atoms with Gasteiger partial charge < -0.3 is 25.2 Å². The molecule has 1 unspecified atom stereocenters. The Bertz CT molecular complexity index is 422. The van der Waals surface area contributed by atoms with Crippen LogP contribution in [0.2, 0.25) is 0 Å². The number of hydrogen-bond acceptors (Lipinski definition) is 5. The fraction of sp³-hybridized carbons (Fsp3) is 0.625. The zero-order valence-corrected chi connectivity index (χ0v) is 12.7. The highest BCUT2D eigenvalue weighted by Gasteiger charge is 2.20. The molecule has 1 aliphatic heterocycles. The van der Waals surface area contributed by atoms with Crippen LogP contribution in [0.15, 0.2) is 24.3 Å². The van der Waals surface area contributed by atoms with Crippen LogP contribution < -0.4 is 10.5 Å². The average molecular weight is 294 g/mol. The van der Waals surface area contributed by atoms with Crippen LogP contribution >= 0.6 is 0 Å². The molecule has 2 rings (SSSR count). The van der Waals surface area contributed by atoms with Crippen LogP contribution in [-0.4, -0.2) is 55.6 Å². The maximum absolute atomic E-state index is 10.1. The summed E-state index contributed by atoms with van der Waals surface area (Å²) >= 11 is 0. The highest BCUT2D eigenvalue weighted by Crippen LogP contribution is 2.15. The van der Waals surface area contributed by atoms with Crippen molar-refractivity contribution in [2.24, 2.45) is 5.73 Å². The van der Waals surface area contributed by atoms with E-state index in [1.54, 1.807) is 0 Å². The molecule has 0 amide bonds. The van der Waals surface area contributed by atoms with Gasteiger partial charge in [0.15, 0.2) is 0 Å². The van der Waals surface area contributed by atoms with Gasteiger partial charge in [-0.05, 0) is 37.6 Å². The third kappa shape index (κ3) is 5.28. The molecule has 0 saturated carbocycles. The van der Waals surface area contributed by atoms with E-state index in [0.717, 1.165) is 37.4 Å². The second-order valence-corrected chi connectivity index (χ2v) is 5.60. The standard InChI is InChI=1S/C16H26N2O3/c1-18(14-5-7-20-8-6-14)11-15(19)12-21-16-4-2-3-13(9-16)10-17/h2-4,9,14-15,19H,5-8,10-12,17H2,1H3. The van der Waals surface area contributed by atoms with Crippen molar-refractivity contribution in [1.29, 1.82) is 0 Å². The summed E-state index contributed by atoms with van der Waals surface area (Å²) in [5, 5.41) is 10.1. The molecule has 0 spiro atoms. The van der Waals surface area contributed by atoms with Crippen molar-refractivity contribution in [2.45, 2.75) is 31.5 Å². The molecule has 1 heterocycles. The predicted octanol–water partition coefficient (Wildman–Crippen LogP) is 0.996. The molecule has 1 atom stereocenters. The van der Waals surface area contributed by atoms with E-state index < -0.39 is 6.10 Å². The van der Waals surface area contributed by atoms with Crippen LogP contribution in [0.4, 0.5) is 0 Å². The largest absolute Gasteiger partial charge is 0.491 e. The zero-order chi connectivity index (χ0) is 15.1. The molecule has 1 saturated heterocycles. The Morgan fingerprint density at radius 3 is 2.90 bits per heavy atom. The summed E-state index contributed by atoms with van der Waals surface area (Å²) < 4.78 is 11.0. The van der Waals surface area contributed by atoms with E-state index >= 15 is 0 Å². The van der Waals surface area contributed by atoms with Crippen molar-refractivity contribution >= 4 is 0 Å². The van der Waals surface area contributed by atoms with Crippen molar-refractivity contribution in [3.8, 4) is 5.75 Å². The van der Waals surface area contributed by atoms with Crippen LogP contribution in [0, 0.1) is 0 Å². The number of likely N-dealkylation sites (N-methyl/N-ethyl adjacent to an activating group) is 1. The van der Waals surface area contributed by atoms with Crippen molar-refractivity contribution in [3.63, 3.8) is 0 Å². The Morgan fingerprint density at radius 1 is 1.43 bits per heavy atom. The highest BCUT2D eigenvalue weighted by atomic mass is 16.5. The normalized spacial score (nSPS) is 17.9. The maximum atomic E-state index is 10.1. The number of hydrogen-bond donors (Lipinski definition) is 2. The van der Waals surface area contributed by atoms with Crippen LogP contribution in [0.3, 0.4) is 0 Å². The number of rotatable bonds is 7. The summed E-state index contributed by atoms with van der Waals surface area (Å²) in [6.07, 6.45) is 1.56. The Kier molecular flexibility index (Phi) is 6.45. The smallest absolute Gasteiger partial charge is 0.119 e. The van der Waals surface area contributed by atoms with Crippen LogP contribution in [0.5, 0.6) is 5.75 Å². The van der Waals surface area contributed by atoms with Gasteiger partial charge in [-0.15, -0.1) is 0 Å². The Morgan fingerprint density at radius 2 is 2.19 bits per heavy atom. The average Bonchev–Trinajstić information content (AvgIpc) is 2.54. The van der Waals surface area contributed by atoms with E-state index in [1.807, 2.05) is 31.3 Å². The SMILES string of the molecule is CN(CC(O)COc1cccc(CN)c1)C1CCOCC1. The topological polar surface area (TPSA) is 68.0 Å². The second-order valence-electron chi connectivity index (χ2n) is 5.60. The van der Waals surface area contributed by atoms with Crippen molar-refractivity contribution in [2.75, 3.05) is 33.4 Å². The van der Waals surface area contributed by atoms with E-state index in [9.17, 15) is 5.11 Å². The number of aliphatic hydroxyl groups excluding tert-OH is 1. The van der Waals surface area contributed by atoms with Gasteiger partial charge in [0, 0.05) is 32.3 Å². The second kappa shape index (κ2) is 8.34. The van der Waals surface area contributed by atoms with Crippen molar-refractivity contribution in [1.82, 2.24) is 4.90 Å². The van der Waals surface area contributed by atoms with Crippen LogP contribution in [0.1, 0.15) is 18.4 Å². The minimum absolute atomic E-state index is 0.293. The Hall–Kier alpha value is -1.14. The van der Waals surface area contributed by atoms with Gasteiger partial charge in [0.05, 0.1) is 0 Å². The first-order valence-corrected chi connectivity index (χ1v) is 7.57. The minimum Gasteiger partial charge on any atom is -0.491 e. The maximum Gasteiger partial charge on any atom is 0.119 e. The van der Waals surface area contributed by atoms with E-state index in [-0.39, 0.29) is 0 Å². The van der Waals surface area contributed by atoms with E-state index in [4.69, 9.17) is 15.2 Å².